The van der Waals surface area contributed by atoms with Crippen LogP contribution in [0.4, 0.5) is 5.13 Å². The second-order valence-corrected chi connectivity index (χ2v) is 7.37. The van der Waals surface area contributed by atoms with Crippen molar-refractivity contribution in [1.29, 1.82) is 0 Å². The maximum atomic E-state index is 12.2. The van der Waals surface area contributed by atoms with Crippen LogP contribution in [0.3, 0.4) is 0 Å². The predicted molar refractivity (Wildman–Crippen MR) is 103 cm³/mol. The van der Waals surface area contributed by atoms with Gasteiger partial charge in [0.1, 0.15) is 0 Å². The molecular weight excluding hydrogens is 356 g/mol. The van der Waals surface area contributed by atoms with Gasteiger partial charge in [-0.1, -0.05) is 35.1 Å². The number of nitrogens with one attached hydrogen (secondary N) is 1. The molecule has 1 amide bonds. The Morgan fingerprint density at radius 3 is 2.64 bits per heavy atom. The lowest BCUT2D eigenvalue weighted by Crippen LogP contribution is -2.13. The number of carbonyl (C=O) groups is 2. The molecule has 0 bridgehead atoms. The zero-order valence-electron chi connectivity index (χ0n) is 13.9. The van der Waals surface area contributed by atoms with Crippen molar-refractivity contribution in [2.45, 2.75) is 26.7 Å². The number of carbonyl (C=O) groups excluding carboxylic acids is 2. The number of anilines is 1. The fraction of sp³-hybridized carbons (Fsp3) is 0.211. The number of thiazole rings is 1. The quantitative estimate of drug-likeness (QED) is 0.628. The molecule has 0 saturated carbocycles. The largest absolute Gasteiger partial charge is 0.302 e. The van der Waals surface area contributed by atoms with Gasteiger partial charge >= 0.3 is 0 Å². The Morgan fingerprint density at radius 2 is 1.88 bits per heavy atom. The van der Waals surface area contributed by atoms with E-state index in [1.54, 1.807) is 12.1 Å². The Morgan fingerprint density at radius 1 is 1.08 bits per heavy atom. The SMILES string of the molecule is Cc1ccc(C(=O)CCC(=O)Nc2nc3ccc(Cl)cc3s2)cc1C. The fourth-order valence-electron chi connectivity index (χ4n) is 2.42. The number of benzene rings is 2. The Kier molecular flexibility index (Phi) is 5.16. The van der Waals surface area contributed by atoms with E-state index in [1.807, 2.05) is 38.1 Å². The van der Waals surface area contributed by atoms with Crippen molar-refractivity contribution < 1.29 is 9.59 Å². The molecular formula is C19H17ClN2O2S. The van der Waals surface area contributed by atoms with Crippen LogP contribution in [0.5, 0.6) is 0 Å². The number of hydrogen-bond donors (Lipinski definition) is 1. The number of halogens is 1. The van der Waals surface area contributed by atoms with Crippen LogP contribution in [0.15, 0.2) is 36.4 Å². The number of fused-ring (bicyclic) bond motifs is 1. The van der Waals surface area contributed by atoms with E-state index in [1.165, 1.54) is 11.3 Å². The second kappa shape index (κ2) is 7.33. The van der Waals surface area contributed by atoms with Gasteiger partial charge in [0, 0.05) is 23.4 Å². The van der Waals surface area contributed by atoms with Crippen molar-refractivity contribution in [3.05, 3.63) is 58.1 Å². The van der Waals surface area contributed by atoms with Crippen molar-refractivity contribution in [3.63, 3.8) is 0 Å². The molecule has 0 unspecified atom stereocenters. The molecule has 0 atom stereocenters. The van der Waals surface area contributed by atoms with Crippen molar-refractivity contribution in [3.8, 4) is 0 Å². The summed E-state index contributed by atoms with van der Waals surface area (Å²) >= 11 is 7.31. The third-order valence-corrected chi connectivity index (χ3v) is 5.17. The first-order valence-corrected chi connectivity index (χ1v) is 9.08. The number of Topliss-reactive ketones (excluding diaryl/α,β-unsaturated/α-hetero) is 1. The maximum Gasteiger partial charge on any atom is 0.226 e. The first kappa shape index (κ1) is 17.6. The summed E-state index contributed by atoms with van der Waals surface area (Å²) < 4.78 is 0.911. The number of aryl methyl sites for hydroxylation is 2. The lowest BCUT2D eigenvalue weighted by molar-refractivity contribution is -0.116. The number of aromatic nitrogens is 1. The van der Waals surface area contributed by atoms with Crippen LogP contribution in [-0.4, -0.2) is 16.7 Å². The van der Waals surface area contributed by atoms with Gasteiger partial charge in [-0.25, -0.2) is 4.98 Å². The maximum absolute atomic E-state index is 12.2. The normalized spacial score (nSPS) is 10.8. The first-order chi connectivity index (χ1) is 11.9. The molecule has 0 spiro atoms. The molecule has 1 aromatic heterocycles. The molecule has 0 radical (unpaired) electrons. The third-order valence-electron chi connectivity index (χ3n) is 4.00. The molecule has 0 fully saturated rings. The summed E-state index contributed by atoms with van der Waals surface area (Å²) in [6, 6.07) is 11.0. The fourth-order valence-corrected chi connectivity index (χ4v) is 3.58. The zero-order valence-corrected chi connectivity index (χ0v) is 15.5. The van der Waals surface area contributed by atoms with Gasteiger partial charge in [-0.05, 0) is 49.2 Å². The minimum atomic E-state index is -0.220. The highest BCUT2D eigenvalue weighted by molar-refractivity contribution is 7.22. The highest BCUT2D eigenvalue weighted by atomic mass is 35.5. The third kappa shape index (κ3) is 4.24. The molecule has 1 heterocycles. The number of amides is 1. The van der Waals surface area contributed by atoms with Crippen LogP contribution < -0.4 is 5.32 Å². The molecule has 0 aliphatic heterocycles. The van der Waals surface area contributed by atoms with E-state index in [4.69, 9.17) is 11.6 Å². The van der Waals surface area contributed by atoms with Gasteiger partial charge < -0.3 is 5.32 Å². The van der Waals surface area contributed by atoms with Crippen LogP contribution in [0, 0.1) is 13.8 Å². The molecule has 0 aliphatic rings. The zero-order chi connectivity index (χ0) is 18.0. The van der Waals surface area contributed by atoms with E-state index < -0.39 is 0 Å². The van der Waals surface area contributed by atoms with E-state index >= 15 is 0 Å². The molecule has 0 aliphatic carbocycles. The topological polar surface area (TPSA) is 59.1 Å². The first-order valence-electron chi connectivity index (χ1n) is 7.89. The second-order valence-electron chi connectivity index (χ2n) is 5.90. The Labute approximate surface area is 154 Å². The van der Waals surface area contributed by atoms with Gasteiger partial charge in [-0.15, -0.1) is 0 Å². The van der Waals surface area contributed by atoms with Gasteiger partial charge in [0.2, 0.25) is 5.91 Å². The van der Waals surface area contributed by atoms with Crippen LogP contribution in [-0.2, 0) is 4.79 Å². The lowest BCUT2D eigenvalue weighted by atomic mass is 10.0. The Hall–Kier alpha value is -2.24. The van der Waals surface area contributed by atoms with E-state index in [0.717, 1.165) is 21.3 Å². The van der Waals surface area contributed by atoms with Crippen LogP contribution in [0.25, 0.3) is 10.2 Å². The Balaban J connectivity index is 1.59. The monoisotopic (exact) mass is 372 g/mol. The van der Waals surface area contributed by atoms with Gasteiger partial charge in [0.05, 0.1) is 10.2 Å². The van der Waals surface area contributed by atoms with Crippen LogP contribution >= 0.6 is 22.9 Å². The van der Waals surface area contributed by atoms with E-state index in [0.29, 0.717) is 15.7 Å². The number of ketones is 1. The average molecular weight is 373 g/mol. The minimum Gasteiger partial charge on any atom is -0.302 e. The average Bonchev–Trinajstić information content (AvgIpc) is 2.96. The highest BCUT2D eigenvalue weighted by Crippen LogP contribution is 2.28. The molecule has 1 N–H and O–H groups in total. The predicted octanol–water partition coefficient (Wildman–Crippen LogP) is 5.17. The number of hydrogen-bond acceptors (Lipinski definition) is 4. The van der Waals surface area contributed by atoms with Gasteiger partial charge in [0.15, 0.2) is 10.9 Å². The summed E-state index contributed by atoms with van der Waals surface area (Å²) in [5, 5.41) is 3.90. The van der Waals surface area contributed by atoms with E-state index in [2.05, 4.69) is 10.3 Å². The molecule has 25 heavy (non-hydrogen) atoms. The van der Waals surface area contributed by atoms with Gasteiger partial charge in [-0.3, -0.25) is 9.59 Å². The highest BCUT2D eigenvalue weighted by Gasteiger charge is 2.12. The summed E-state index contributed by atoms with van der Waals surface area (Å²) in [4.78, 5) is 28.7. The molecule has 4 nitrogen and oxygen atoms in total. The number of rotatable bonds is 5. The van der Waals surface area contributed by atoms with Crippen molar-refractivity contribution >= 4 is 50.0 Å². The Bertz CT molecular complexity index is 965. The molecule has 3 rings (SSSR count). The summed E-state index contributed by atoms with van der Waals surface area (Å²) in [5.74, 6) is -0.253. The summed E-state index contributed by atoms with van der Waals surface area (Å²) in [6.07, 6.45) is 0.299. The molecule has 0 saturated heterocycles. The van der Waals surface area contributed by atoms with Gasteiger partial charge in [0.25, 0.3) is 0 Å². The smallest absolute Gasteiger partial charge is 0.226 e. The standard InChI is InChI=1S/C19H17ClN2O2S/c1-11-3-4-13(9-12(11)2)16(23)7-8-18(24)22-19-21-15-6-5-14(20)10-17(15)25-19/h3-6,9-10H,7-8H2,1-2H3,(H,21,22,24). The number of nitrogens with zero attached hydrogens (tertiary/aromatic N) is 1. The van der Waals surface area contributed by atoms with Crippen molar-refractivity contribution in [1.82, 2.24) is 4.98 Å². The molecule has 6 heteroatoms. The molecule has 3 aromatic rings. The molecule has 128 valence electrons. The van der Waals surface area contributed by atoms with Crippen molar-refractivity contribution in [2.24, 2.45) is 0 Å². The van der Waals surface area contributed by atoms with Crippen LogP contribution in [0.2, 0.25) is 5.02 Å². The summed E-state index contributed by atoms with van der Waals surface area (Å²) in [7, 11) is 0. The molecule has 2 aromatic carbocycles. The van der Waals surface area contributed by atoms with Crippen LogP contribution in [0.1, 0.15) is 34.3 Å². The summed E-state index contributed by atoms with van der Waals surface area (Å²) in [5.41, 5.74) is 3.65. The summed E-state index contributed by atoms with van der Waals surface area (Å²) in [6.45, 7) is 3.97. The van der Waals surface area contributed by atoms with E-state index in [-0.39, 0.29) is 24.5 Å². The van der Waals surface area contributed by atoms with Crippen molar-refractivity contribution in [2.75, 3.05) is 5.32 Å². The van der Waals surface area contributed by atoms with Gasteiger partial charge in [-0.2, -0.15) is 0 Å². The lowest BCUT2D eigenvalue weighted by Gasteiger charge is -2.05. The minimum absolute atomic E-state index is 0.0330. The van der Waals surface area contributed by atoms with E-state index in [9.17, 15) is 9.59 Å².